The van der Waals surface area contributed by atoms with Crippen molar-refractivity contribution in [3.05, 3.63) is 65.0 Å². The predicted octanol–water partition coefficient (Wildman–Crippen LogP) is 4.42. The number of halogens is 1. The lowest BCUT2D eigenvalue weighted by molar-refractivity contribution is 0.0803. The predicted molar refractivity (Wildman–Crippen MR) is 100 cm³/mol. The molecule has 3 heterocycles. The van der Waals surface area contributed by atoms with E-state index in [-0.39, 0.29) is 11.7 Å². The Morgan fingerprint density at radius 1 is 1.23 bits per heavy atom. The van der Waals surface area contributed by atoms with Crippen LogP contribution in [0.1, 0.15) is 29.0 Å². The molecule has 134 valence electrons. The van der Waals surface area contributed by atoms with E-state index in [1.807, 2.05) is 30.3 Å². The molecule has 1 fully saturated rings. The van der Waals surface area contributed by atoms with Gasteiger partial charge in [0.05, 0.1) is 6.54 Å². The zero-order valence-electron chi connectivity index (χ0n) is 14.3. The number of hydrogen-bond acceptors (Lipinski definition) is 4. The molecule has 6 heteroatoms. The SMILES string of the molecule is O=C(c1ccc(Cl)cc1)C1CCCN(Cc2ccc(-c3ccn[nH]3)o2)C1. The molecule has 1 saturated heterocycles. The lowest BCUT2D eigenvalue weighted by atomic mass is 9.90. The Morgan fingerprint density at radius 2 is 2.08 bits per heavy atom. The normalized spacial score (nSPS) is 18.1. The Bertz CT molecular complexity index is 871. The smallest absolute Gasteiger partial charge is 0.167 e. The van der Waals surface area contributed by atoms with Gasteiger partial charge in [0, 0.05) is 29.2 Å². The third-order valence-corrected chi connectivity index (χ3v) is 5.06. The average molecular weight is 370 g/mol. The molecular weight excluding hydrogens is 350 g/mol. The van der Waals surface area contributed by atoms with E-state index < -0.39 is 0 Å². The van der Waals surface area contributed by atoms with Crippen LogP contribution in [-0.2, 0) is 6.54 Å². The van der Waals surface area contributed by atoms with Crippen LogP contribution in [0, 0.1) is 5.92 Å². The van der Waals surface area contributed by atoms with Crippen molar-refractivity contribution in [2.45, 2.75) is 19.4 Å². The largest absolute Gasteiger partial charge is 0.458 e. The minimum atomic E-state index is 0.0203. The molecule has 2 aromatic heterocycles. The highest BCUT2D eigenvalue weighted by Gasteiger charge is 2.27. The van der Waals surface area contributed by atoms with Crippen LogP contribution in [0.25, 0.3) is 11.5 Å². The van der Waals surface area contributed by atoms with Gasteiger partial charge < -0.3 is 4.42 Å². The summed E-state index contributed by atoms with van der Waals surface area (Å²) in [6.07, 6.45) is 3.64. The molecule has 0 aliphatic carbocycles. The number of likely N-dealkylation sites (tertiary alicyclic amines) is 1. The van der Waals surface area contributed by atoms with Gasteiger partial charge in [-0.15, -0.1) is 0 Å². The molecular formula is C20H20ClN3O2. The monoisotopic (exact) mass is 369 g/mol. The van der Waals surface area contributed by atoms with Crippen molar-refractivity contribution in [1.29, 1.82) is 0 Å². The molecule has 0 saturated carbocycles. The Hall–Kier alpha value is -2.37. The fraction of sp³-hybridized carbons (Fsp3) is 0.300. The van der Waals surface area contributed by atoms with Crippen LogP contribution < -0.4 is 0 Å². The van der Waals surface area contributed by atoms with Gasteiger partial charge in [-0.05, 0) is 61.9 Å². The van der Waals surface area contributed by atoms with Gasteiger partial charge >= 0.3 is 0 Å². The molecule has 1 atom stereocenters. The lowest BCUT2D eigenvalue weighted by Crippen LogP contribution is -2.38. The van der Waals surface area contributed by atoms with E-state index in [0.717, 1.165) is 48.7 Å². The van der Waals surface area contributed by atoms with Gasteiger partial charge in [-0.25, -0.2) is 0 Å². The number of benzene rings is 1. The zero-order valence-corrected chi connectivity index (χ0v) is 15.1. The number of piperidine rings is 1. The molecule has 0 radical (unpaired) electrons. The van der Waals surface area contributed by atoms with Crippen molar-refractivity contribution in [3.8, 4) is 11.5 Å². The maximum absolute atomic E-state index is 12.8. The second kappa shape index (κ2) is 7.48. The molecule has 5 nitrogen and oxygen atoms in total. The topological polar surface area (TPSA) is 62.1 Å². The number of Topliss-reactive ketones (excluding diaryl/α,β-unsaturated/α-hetero) is 1. The standard InChI is InChI=1S/C20H20ClN3O2/c21-16-5-3-14(4-6-16)20(25)15-2-1-11-24(12-15)13-17-7-8-19(26-17)18-9-10-22-23-18/h3-10,15H,1-2,11-13H2,(H,22,23). The summed E-state index contributed by atoms with van der Waals surface area (Å²) < 4.78 is 5.91. The van der Waals surface area contributed by atoms with E-state index in [4.69, 9.17) is 16.0 Å². The van der Waals surface area contributed by atoms with Crippen molar-refractivity contribution in [1.82, 2.24) is 15.1 Å². The van der Waals surface area contributed by atoms with Crippen molar-refractivity contribution >= 4 is 17.4 Å². The second-order valence-electron chi connectivity index (χ2n) is 6.68. The highest BCUT2D eigenvalue weighted by Crippen LogP contribution is 2.25. The molecule has 0 spiro atoms. The van der Waals surface area contributed by atoms with E-state index in [1.165, 1.54) is 0 Å². The summed E-state index contributed by atoms with van der Waals surface area (Å²) in [5, 5.41) is 7.50. The minimum Gasteiger partial charge on any atom is -0.458 e. The van der Waals surface area contributed by atoms with Gasteiger partial charge in [-0.2, -0.15) is 5.10 Å². The number of nitrogens with one attached hydrogen (secondary N) is 1. The number of furan rings is 1. The summed E-state index contributed by atoms with van der Waals surface area (Å²) in [6, 6.07) is 13.0. The summed E-state index contributed by atoms with van der Waals surface area (Å²) in [4.78, 5) is 15.1. The van der Waals surface area contributed by atoms with Crippen molar-refractivity contribution in [3.63, 3.8) is 0 Å². The van der Waals surface area contributed by atoms with Gasteiger partial charge in [-0.3, -0.25) is 14.8 Å². The molecule has 1 aliphatic heterocycles. The van der Waals surface area contributed by atoms with Gasteiger partial charge in [0.1, 0.15) is 11.5 Å². The number of carbonyl (C=O) groups excluding carboxylic acids is 1. The van der Waals surface area contributed by atoms with Gasteiger partial charge in [0.25, 0.3) is 0 Å². The first kappa shape index (κ1) is 17.1. The molecule has 3 aromatic rings. The van der Waals surface area contributed by atoms with E-state index in [1.54, 1.807) is 18.3 Å². The molecule has 4 rings (SSSR count). The summed E-state index contributed by atoms with van der Waals surface area (Å²) in [7, 11) is 0. The average Bonchev–Trinajstić information content (AvgIpc) is 3.34. The first-order valence-electron chi connectivity index (χ1n) is 8.79. The minimum absolute atomic E-state index is 0.0203. The van der Waals surface area contributed by atoms with E-state index in [9.17, 15) is 4.79 Å². The van der Waals surface area contributed by atoms with Crippen LogP contribution >= 0.6 is 11.6 Å². The first-order valence-corrected chi connectivity index (χ1v) is 9.17. The molecule has 1 aliphatic rings. The Labute approximate surface area is 157 Å². The van der Waals surface area contributed by atoms with Crippen LogP contribution in [0.4, 0.5) is 0 Å². The molecule has 0 bridgehead atoms. The van der Waals surface area contributed by atoms with E-state index in [0.29, 0.717) is 11.6 Å². The van der Waals surface area contributed by atoms with Gasteiger partial charge in [-0.1, -0.05) is 11.6 Å². The number of aromatic nitrogens is 2. The molecule has 26 heavy (non-hydrogen) atoms. The Kier molecular flexibility index (Phi) is 4.91. The zero-order chi connectivity index (χ0) is 17.9. The number of H-pyrrole nitrogens is 1. The summed E-state index contributed by atoms with van der Waals surface area (Å²) in [5.74, 6) is 1.90. The van der Waals surface area contributed by atoms with Crippen molar-refractivity contribution < 1.29 is 9.21 Å². The first-order chi connectivity index (χ1) is 12.7. The van der Waals surface area contributed by atoms with Gasteiger partial charge in [0.15, 0.2) is 11.5 Å². The highest BCUT2D eigenvalue weighted by atomic mass is 35.5. The van der Waals surface area contributed by atoms with Crippen LogP contribution in [-0.4, -0.2) is 34.0 Å². The Balaban J connectivity index is 1.40. The van der Waals surface area contributed by atoms with E-state index >= 15 is 0 Å². The second-order valence-corrected chi connectivity index (χ2v) is 7.12. The lowest BCUT2D eigenvalue weighted by Gasteiger charge is -2.31. The maximum Gasteiger partial charge on any atom is 0.167 e. The van der Waals surface area contributed by atoms with Crippen LogP contribution in [0.15, 0.2) is 53.1 Å². The van der Waals surface area contributed by atoms with Crippen LogP contribution in [0.5, 0.6) is 0 Å². The number of rotatable bonds is 5. The maximum atomic E-state index is 12.8. The van der Waals surface area contributed by atoms with Crippen molar-refractivity contribution in [2.24, 2.45) is 5.92 Å². The quantitative estimate of drug-likeness (QED) is 0.676. The fourth-order valence-electron chi connectivity index (χ4n) is 3.48. The molecule has 1 N–H and O–H groups in total. The number of ketones is 1. The molecule has 1 unspecified atom stereocenters. The highest BCUT2D eigenvalue weighted by molar-refractivity contribution is 6.30. The van der Waals surface area contributed by atoms with Crippen molar-refractivity contribution in [2.75, 3.05) is 13.1 Å². The summed E-state index contributed by atoms with van der Waals surface area (Å²) in [6.45, 7) is 2.44. The fourth-order valence-corrected chi connectivity index (χ4v) is 3.61. The number of aromatic amines is 1. The summed E-state index contributed by atoms with van der Waals surface area (Å²) in [5.41, 5.74) is 1.60. The number of carbonyl (C=O) groups is 1. The number of nitrogens with zero attached hydrogens (tertiary/aromatic N) is 2. The summed E-state index contributed by atoms with van der Waals surface area (Å²) >= 11 is 5.92. The number of hydrogen-bond donors (Lipinski definition) is 1. The van der Waals surface area contributed by atoms with Gasteiger partial charge in [0.2, 0.25) is 0 Å². The third-order valence-electron chi connectivity index (χ3n) is 4.81. The van der Waals surface area contributed by atoms with Crippen LogP contribution in [0.2, 0.25) is 5.02 Å². The van der Waals surface area contributed by atoms with Crippen LogP contribution in [0.3, 0.4) is 0 Å². The molecule has 1 aromatic carbocycles. The Morgan fingerprint density at radius 3 is 2.85 bits per heavy atom. The molecule has 0 amide bonds. The van der Waals surface area contributed by atoms with E-state index in [2.05, 4.69) is 15.1 Å². The third kappa shape index (κ3) is 3.74.